The quantitative estimate of drug-likeness (QED) is 0.596. The first kappa shape index (κ1) is 17.0. The lowest BCUT2D eigenvalue weighted by Gasteiger charge is -2.05. The Bertz CT molecular complexity index is 699. The fourth-order valence-electron chi connectivity index (χ4n) is 1.76. The van der Waals surface area contributed by atoms with Gasteiger partial charge >= 0.3 is 0 Å². The van der Waals surface area contributed by atoms with Gasteiger partial charge in [-0.2, -0.15) is 5.10 Å². The number of nitrogens with one attached hydrogen (secondary N) is 1. The Balaban J connectivity index is 1.93. The molecule has 2 rings (SSSR count). The molecule has 0 aromatic heterocycles. The van der Waals surface area contributed by atoms with Crippen molar-refractivity contribution in [2.75, 3.05) is 6.61 Å². The van der Waals surface area contributed by atoms with Gasteiger partial charge in [0, 0.05) is 5.56 Å². The molecule has 0 saturated carbocycles. The van der Waals surface area contributed by atoms with Crippen molar-refractivity contribution in [1.82, 2.24) is 5.43 Å². The van der Waals surface area contributed by atoms with Gasteiger partial charge in [0.1, 0.15) is 11.5 Å². The Labute approximate surface area is 143 Å². The highest BCUT2D eigenvalue weighted by atomic mass is 79.9. The molecule has 0 aliphatic rings. The van der Waals surface area contributed by atoms with Crippen LogP contribution in [-0.2, 0) is 0 Å². The molecule has 0 unspecified atom stereocenters. The van der Waals surface area contributed by atoms with E-state index in [0.29, 0.717) is 16.6 Å². The third-order valence-electron chi connectivity index (χ3n) is 2.94. The zero-order chi connectivity index (χ0) is 16.7. The van der Waals surface area contributed by atoms with E-state index in [0.717, 1.165) is 17.7 Å². The highest BCUT2D eigenvalue weighted by Gasteiger charge is 2.04. The van der Waals surface area contributed by atoms with Crippen molar-refractivity contribution in [2.45, 2.75) is 13.3 Å². The average molecular weight is 377 g/mol. The van der Waals surface area contributed by atoms with Crippen molar-refractivity contribution in [1.29, 1.82) is 0 Å². The van der Waals surface area contributed by atoms with Gasteiger partial charge in [0.2, 0.25) is 0 Å². The normalized spacial score (nSPS) is 10.7. The van der Waals surface area contributed by atoms with Gasteiger partial charge in [0.05, 0.1) is 17.3 Å². The third kappa shape index (κ3) is 5.10. The highest BCUT2D eigenvalue weighted by Crippen LogP contribution is 2.23. The zero-order valence-electron chi connectivity index (χ0n) is 12.6. The lowest BCUT2D eigenvalue weighted by atomic mass is 10.2. The molecule has 0 fully saturated rings. The van der Waals surface area contributed by atoms with E-state index in [4.69, 9.17) is 4.74 Å². The molecule has 0 aliphatic carbocycles. The van der Waals surface area contributed by atoms with Crippen LogP contribution >= 0.6 is 15.9 Å². The summed E-state index contributed by atoms with van der Waals surface area (Å²) in [6.07, 6.45) is 2.44. The van der Waals surface area contributed by atoms with Crippen LogP contribution in [0.25, 0.3) is 0 Å². The smallest absolute Gasteiger partial charge is 0.271 e. The number of nitrogens with zero attached hydrogens (tertiary/aromatic N) is 1. The van der Waals surface area contributed by atoms with E-state index in [9.17, 15) is 9.90 Å². The second-order valence-corrected chi connectivity index (χ2v) is 5.64. The van der Waals surface area contributed by atoms with E-state index in [2.05, 4.69) is 26.5 Å². The van der Waals surface area contributed by atoms with Crippen LogP contribution in [0, 0.1) is 0 Å². The summed E-state index contributed by atoms with van der Waals surface area (Å²) < 4.78 is 6.03. The van der Waals surface area contributed by atoms with Gasteiger partial charge in [-0.3, -0.25) is 4.79 Å². The van der Waals surface area contributed by atoms with E-state index < -0.39 is 0 Å². The van der Waals surface area contributed by atoms with E-state index in [1.807, 2.05) is 6.92 Å². The average Bonchev–Trinajstić information content (AvgIpc) is 2.56. The molecule has 23 heavy (non-hydrogen) atoms. The number of hydrogen-bond donors (Lipinski definition) is 2. The van der Waals surface area contributed by atoms with E-state index in [-0.39, 0.29) is 11.7 Å². The number of aromatic hydroxyl groups is 1. The summed E-state index contributed by atoms with van der Waals surface area (Å²) in [6.45, 7) is 2.69. The topological polar surface area (TPSA) is 70.9 Å². The first-order chi connectivity index (χ1) is 11.1. The Kier molecular flexibility index (Phi) is 6.17. The summed E-state index contributed by atoms with van der Waals surface area (Å²) >= 11 is 3.22. The summed E-state index contributed by atoms with van der Waals surface area (Å²) in [4.78, 5) is 12.0. The number of hydrogen-bond acceptors (Lipinski definition) is 4. The maximum Gasteiger partial charge on any atom is 0.271 e. The van der Waals surface area contributed by atoms with Gasteiger partial charge in [0.25, 0.3) is 5.91 Å². The van der Waals surface area contributed by atoms with Crippen LogP contribution in [0.2, 0.25) is 0 Å². The molecule has 0 heterocycles. The van der Waals surface area contributed by atoms with E-state index in [1.54, 1.807) is 42.5 Å². The Morgan fingerprint density at radius 3 is 2.70 bits per heavy atom. The van der Waals surface area contributed by atoms with Crippen molar-refractivity contribution in [3.8, 4) is 11.5 Å². The molecule has 0 atom stereocenters. The molecule has 6 heteroatoms. The predicted molar refractivity (Wildman–Crippen MR) is 93.1 cm³/mol. The van der Waals surface area contributed by atoms with Crippen molar-refractivity contribution in [3.63, 3.8) is 0 Å². The number of hydrazone groups is 1. The summed E-state index contributed by atoms with van der Waals surface area (Å²) in [5.74, 6) is 0.582. The van der Waals surface area contributed by atoms with Crippen LogP contribution in [0.5, 0.6) is 11.5 Å². The van der Waals surface area contributed by atoms with Crippen molar-refractivity contribution >= 4 is 28.1 Å². The van der Waals surface area contributed by atoms with Gasteiger partial charge in [-0.15, -0.1) is 0 Å². The maximum atomic E-state index is 12.0. The summed E-state index contributed by atoms with van der Waals surface area (Å²) in [5, 5.41) is 13.3. The fraction of sp³-hybridized carbons (Fsp3) is 0.176. The molecule has 120 valence electrons. The van der Waals surface area contributed by atoms with Crippen molar-refractivity contribution < 1.29 is 14.6 Å². The number of ether oxygens (including phenoxy) is 1. The molecule has 2 aromatic rings. The number of carbonyl (C=O) groups excluding carboxylic acids is 1. The van der Waals surface area contributed by atoms with Crippen LogP contribution in [0.15, 0.2) is 52.0 Å². The summed E-state index contributed by atoms with van der Waals surface area (Å²) in [6, 6.07) is 11.8. The summed E-state index contributed by atoms with van der Waals surface area (Å²) in [7, 11) is 0. The number of phenolic OH excluding ortho intramolecular Hbond substituents is 1. The Morgan fingerprint density at radius 2 is 2.04 bits per heavy atom. The zero-order valence-corrected chi connectivity index (χ0v) is 14.2. The lowest BCUT2D eigenvalue weighted by molar-refractivity contribution is 0.0955. The lowest BCUT2D eigenvalue weighted by Crippen LogP contribution is -2.17. The largest absolute Gasteiger partial charge is 0.507 e. The number of phenols is 1. The molecule has 0 saturated heterocycles. The van der Waals surface area contributed by atoms with Gasteiger partial charge in [-0.1, -0.05) is 6.92 Å². The van der Waals surface area contributed by atoms with Crippen LogP contribution in [0.4, 0.5) is 0 Å². The van der Waals surface area contributed by atoms with Crippen LogP contribution in [0.1, 0.15) is 29.3 Å². The molecule has 5 nitrogen and oxygen atoms in total. The van der Waals surface area contributed by atoms with E-state index in [1.165, 1.54) is 6.21 Å². The van der Waals surface area contributed by atoms with Crippen LogP contribution in [0.3, 0.4) is 0 Å². The number of benzene rings is 2. The number of halogens is 1. The maximum absolute atomic E-state index is 12.0. The molecular weight excluding hydrogens is 360 g/mol. The van der Waals surface area contributed by atoms with Crippen LogP contribution in [-0.4, -0.2) is 23.8 Å². The minimum absolute atomic E-state index is 0.150. The molecule has 0 radical (unpaired) electrons. The second kappa shape index (κ2) is 8.33. The third-order valence-corrected chi connectivity index (χ3v) is 3.58. The van der Waals surface area contributed by atoms with Gasteiger partial charge in [-0.05, 0) is 70.4 Å². The fourth-order valence-corrected chi connectivity index (χ4v) is 2.15. The van der Waals surface area contributed by atoms with E-state index >= 15 is 0 Å². The summed E-state index contributed by atoms with van der Waals surface area (Å²) in [5.41, 5.74) is 3.70. The van der Waals surface area contributed by atoms with Gasteiger partial charge in [0.15, 0.2) is 0 Å². The van der Waals surface area contributed by atoms with Crippen molar-refractivity contribution in [2.24, 2.45) is 5.10 Å². The first-order valence-corrected chi connectivity index (χ1v) is 7.94. The van der Waals surface area contributed by atoms with Gasteiger partial charge < -0.3 is 9.84 Å². The molecule has 0 spiro atoms. The highest BCUT2D eigenvalue weighted by molar-refractivity contribution is 9.10. The monoisotopic (exact) mass is 376 g/mol. The molecule has 1 amide bonds. The molecular formula is C17H17BrN2O3. The first-order valence-electron chi connectivity index (χ1n) is 7.15. The number of rotatable bonds is 6. The second-order valence-electron chi connectivity index (χ2n) is 4.78. The minimum Gasteiger partial charge on any atom is -0.507 e. The number of amides is 1. The number of carbonyl (C=O) groups is 1. The van der Waals surface area contributed by atoms with Gasteiger partial charge in [-0.25, -0.2) is 5.43 Å². The SMILES string of the molecule is CCCOc1ccc(C(=O)N/N=C/c2ccc(O)c(Br)c2)cc1. The molecule has 2 aromatic carbocycles. The predicted octanol–water partition coefficient (Wildman–Crippen LogP) is 3.71. The minimum atomic E-state index is -0.305. The van der Waals surface area contributed by atoms with Crippen LogP contribution < -0.4 is 10.2 Å². The Hall–Kier alpha value is -2.34. The molecule has 0 bridgehead atoms. The van der Waals surface area contributed by atoms with Crippen molar-refractivity contribution in [3.05, 3.63) is 58.1 Å². The standard InChI is InChI=1S/C17H17BrN2O3/c1-2-9-23-14-6-4-13(5-7-14)17(22)20-19-11-12-3-8-16(21)15(18)10-12/h3-8,10-11,21H,2,9H2,1H3,(H,20,22)/b19-11+. The molecule has 2 N–H and O–H groups in total. The Morgan fingerprint density at radius 1 is 1.30 bits per heavy atom. The molecule has 0 aliphatic heterocycles.